The summed E-state index contributed by atoms with van der Waals surface area (Å²) in [5.41, 5.74) is 19.7. The largest absolute Gasteiger partial charge is 0.310 e. The van der Waals surface area contributed by atoms with Crippen molar-refractivity contribution in [3.63, 3.8) is 0 Å². The van der Waals surface area contributed by atoms with Gasteiger partial charge >= 0.3 is 0 Å². The van der Waals surface area contributed by atoms with E-state index in [2.05, 4.69) is 240 Å². The Balaban J connectivity index is 1.00. The summed E-state index contributed by atoms with van der Waals surface area (Å²) in [5, 5.41) is 2.51. The number of para-hydroxylation sites is 3. The average molecular weight is 765 g/mol. The van der Waals surface area contributed by atoms with Crippen LogP contribution in [-0.2, 0) is 11.8 Å². The third-order valence-electron chi connectivity index (χ3n) is 12.9. The van der Waals surface area contributed by atoms with Gasteiger partial charge in [0.1, 0.15) is 0 Å². The van der Waals surface area contributed by atoms with Crippen LogP contribution in [-0.4, -0.2) is 4.57 Å². The van der Waals surface area contributed by atoms with E-state index in [1.807, 2.05) is 0 Å². The lowest BCUT2D eigenvalue weighted by Crippen LogP contribution is -2.29. The molecule has 282 valence electrons. The van der Waals surface area contributed by atoms with Crippen LogP contribution in [0.4, 0.5) is 17.1 Å². The van der Waals surface area contributed by atoms with Gasteiger partial charge in [-0.3, -0.25) is 0 Å². The third kappa shape index (κ3) is 5.14. The summed E-state index contributed by atoms with van der Waals surface area (Å²) in [6.45, 7) is 0. The predicted octanol–water partition coefficient (Wildman–Crippen LogP) is 14.7. The highest BCUT2D eigenvalue weighted by Crippen LogP contribution is 2.62. The average Bonchev–Trinajstić information content (AvgIpc) is 3.96. The Bertz CT molecular complexity index is 3210. The van der Waals surface area contributed by atoms with E-state index in [9.17, 15) is 0 Å². The van der Waals surface area contributed by atoms with Crippen molar-refractivity contribution < 1.29 is 0 Å². The zero-order valence-corrected chi connectivity index (χ0v) is 33.0. The van der Waals surface area contributed by atoms with Crippen LogP contribution in [0.15, 0.2) is 231 Å². The van der Waals surface area contributed by atoms with Crippen LogP contribution in [0.2, 0.25) is 0 Å². The van der Waals surface area contributed by atoms with E-state index in [0.29, 0.717) is 0 Å². The van der Waals surface area contributed by atoms with E-state index in [4.69, 9.17) is 0 Å². The topological polar surface area (TPSA) is 8.17 Å². The first-order valence-corrected chi connectivity index (χ1v) is 20.9. The van der Waals surface area contributed by atoms with Crippen molar-refractivity contribution in [2.45, 2.75) is 11.8 Å². The SMILES string of the molecule is c1ccc(N(c2ccc(-c3ccc4c(c3)c3ccccc3n4-c3ccccc3)cc2)c2ccc3c(c2)C(c2ccccc2)(c2ccccc2)C2=C3Cc3ccccc32)cc1. The first kappa shape index (κ1) is 34.4. The maximum Gasteiger partial charge on any atom is 0.0717 e. The van der Waals surface area contributed by atoms with Crippen molar-refractivity contribution in [2.24, 2.45) is 0 Å². The molecule has 0 radical (unpaired) electrons. The zero-order valence-electron chi connectivity index (χ0n) is 33.0. The molecule has 2 heteroatoms. The van der Waals surface area contributed by atoms with Crippen molar-refractivity contribution in [1.29, 1.82) is 0 Å². The van der Waals surface area contributed by atoms with Gasteiger partial charge in [0.15, 0.2) is 0 Å². The maximum atomic E-state index is 2.48. The number of benzene rings is 9. The van der Waals surface area contributed by atoms with Crippen LogP contribution in [0.1, 0.15) is 33.4 Å². The van der Waals surface area contributed by atoms with Gasteiger partial charge in [0.05, 0.1) is 16.4 Å². The van der Waals surface area contributed by atoms with Crippen molar-refractivity contribution in [3.8, 4) is 16.8 Å². The van der Waals surface area contributed by atoms with Crippen molar-refractivity contribution in [3.05, 3.63) is 264 Å². The standard InChI is InChI=1S/C58H40N2/c1-5-18-43(19-6-1)58(44-20-7-2-8-21-44)54-39-48(34-35-50(54)53-38-42-17-13-14-26-49(42)57(53)58)59(45-22-9-3-10-23-45)47-32-29-40(30-33-47)41-31-36-56-52(37-41)51-27-15-16-28-55(51)60(56)46-24-11-4-12-25-46/h1-37,39H,38H2. The first-order valence-electron chi connectivity index (χ1n) is 20.9. The van der Waals surface area contributed by atoms with Crippen molar-refractivity contribution in [2.75, 3.05) is 4.90 Å². The lowest BCUT2D eigenvalue weighted by molar-refractivity contribution is 0.814. The smallest absolute Gasteiger partial charge is 0.0717 e. The Labute approximate surface area is 350 Å². The minimum Gasteiger partial charge on any atom is -0.310 e. The molecule has 1 aromatic heterocycles. The summed E-state index contributed by atoms with van der Waals surface area (Å²) in [4.78, 5) is 2.42. The fourth-order valence-corrected chi connectivity index (χ4v) is 10.4. The predicted molar refractivity (Wildman–Crippen MR) is 251 cm³/mol. The van der Waals surface area contributed by atoms with E-state index in [-0.39, 0.29) is 0 Å². The molecule has 0 unspecified atom stereocenters. The number of nitrogens with zero attached hydrogens (tertiary/aromatic N) is 2. The van der Waals surface area contributed by atoms with Gasteiger partial charge in [-0.1, -0.05) is 164 Å². The number of hydrogen-bond acceptors (Lipinski definition) is 1. The van der Waals surface area contributed by atoms with Gasteiger partial charge in [-0.25, -0.2) is 0 Å². The number of allylic oxidation sites excluding steroid dienone is 2. The molecule has 12 rings (SSSR count). The van der Waals surface area contributed by atoms with Gasteiger partial charge in [-0.2, -0.15) is 0 Å². The molecule has 10 aromatic rings. The van der Waals surface area contributed by atoms with Gasteiger partial charge in [0, 0.05) is 33.5 Å². The maximum absolute atomic E-state index is 2.48. The number of aromatic nitrogens is 1. The van der Waals surface area contributed by atoms with Crippen LogP contribution < -0.4 is 4.90 Å². The summed E-state index contributed by atoms with van der Waals surface area (Å²) in [7, 11) is 0. The van der Waals surface area contributed by atoms with Gasteiger partial charge in [0.25, 0.3) is 0 Å². The van der Waals surface area contributed by atoms with E-state index < -0.39 is 5.41 Å². The molecule has 1 heterocycles. The number of hydrogen-bond donors (Lipinski definition) is 0. The normalized spacial score (nSPS) is 13.7. The Morgan fingerprint density at radius 1 is 0.400 bits per heavy atom. The molecule has 0 bridgehead atoms. The molecule has 0 saturated carbocycles. The molecule has 0 saturated heterocycles. The molecule has 60 heavy (non-hydrogen) atoms. The summed E-state index contributed by atoms with van der Waals surface area (Å²) in [6, 6.07) is 84.8. The molecule has 0 fully saturated rings. The fourth-order valence-electron chi connectivity index (χ4n) is 10.4. The lowest BCUT2D eigenvalue weighted by atomic mass is 9.65. The minimum atomic E-state index is -0.482. The van der Waals surface area contributed by atoms with Crippen LogP contribution in [0.25, 0.3) is 49.8 Å². The molecule has 0 N–H and O–H groups in total. The molecule has 9 aromatic carbocycles. The monoisotopic (exact) mass is 764 g/mol. The first-order chi connectivity index (χ1) is 29.8. The quantitative estimate of drug-likeness (QED) is 0.157. The second kappa shape index (κ2) is 13.7. The summed E-state index contributed by atoms with van der Waals surface area (Å²) in [6.07, 6.45) is 0.932. The molecular weight excluding hydrogens is 725 g/mol. The van der Waals surface area contributed by atoms with Crippen LogP contribution in [0.5, 0.6) is 0 Å². The minimum absolute atomic E-state index is 0.482. The lowest BCUT2D eigenvalue weighted by Gasteiger charge is -2.37. The summed E-state index contributed by atoms with van der Waals surface area (Å²) in [5.74, 6) is 0. The molecule has 0 atom stereocenters. The van der Waals surface area contributed by atoms with E-state index in [1.54, 1.807) is 0 Å². The molecule has 0 spiro atoms. The van der Waals surface area contributed by atoms with Gasteiger partial charge < -0.3 is 9.47 Å². The van der Waals surface area contributed by atoms with Gasteiger partial charge in [-0.15, -0.1) is 0 Å². The molecule has 2 aliphatic rings. The van der Waals surface area contributed by atoms with Gasteiger partial charge in [0.2, 0.25) is 0 Å². The van der Waals surface area contributed by atoms with E-state index in [1.165, 1.54) is 83.1 Å². The summed E-state index contributed by atoms with van der Waals surface area (Å²) >= 11 is 0. The Morgan fingerprint density at radius 3 is 1.70 bits per heavy atom. The van der Waals surface area contributed by atoms with E-state index in [0.717, 1.165) is 23.5 Å². The van der Waals surface area contributed by atoms with E-state index >= 15 is 0 Å². The molecule has 2 nitrogen and oxygen atoms in total. The van der Waals surface area contributed by atoms with Crippen molar-refractivity contribution >= 4 is 50.0 Å². The Kier molecular flexibility index (Phi) is 7.86. The summed E-state index contributed by atoms with van der Waals surface area (Å²) < 4.78 is 2.37. The van der Waals surface area contributed by atoms with Crippen molar-refractivity contribution in [1.82, 2.24) is 4.57 Å². The van der Waals surface area contributed by atoms with Crippen LogP contribution >= 0.6 is 0 Å². The molecule has 2 aliphatic carbocycles. The second-order valence-corrected chi connectivity index (χ2v) is 16.0. The zero-order chi connectivity index (χ0) is 39.6. The highest BCUT2D eigenvalue weighted by Gasteiger charge is 2.50. The molecular formula is C58H40N2. The highest BCUT2D eigenvalue weighted by molar-refractivity contribution is 6.11. The Morgan fingerprint density at radius 2 is 0.967 bits per heavy atom. The fraction of sp³-hybridized carbons (Fsp3) is 0.0345. The number of anilines is 3. The Hall–Kier alpha value is -7.68. The number of fused-ring (bicyclic) bond motifs is 7. The number of rotatable bonds is 7. The third-order valence-corrected chi connectivity index (χ3v) is 12.9. The molecule has 0 amide bonds. The van der Waals surface area contributed by atoms with Crippen LogP contribution in [0.3, 0.4) is 0 Å². The molecule has 0 aliphatic heterocycles. The highest BCUT2D eigenvalue weighted by atomic mass is 15.1. The van der Waals surface area contributed by atoms with Crippen LogP contribution in [0, 0.1) is 0 Å². The van der Waals surface area contributed by atoms with Gasteiger partial charge in [-0.05, 0) is 129 Å². The second-order valence-electron chi connectivity index (χ2n) is 16.0.